The van der Waals surface area contributed by atoms with E-state index in [0.29, 0.717) is 16.8 Å². The fourth-order valence-corrected chi connectivity index (χ4v) is 3.89. The van der Waals surface area contributed by atoms with Gasteiger partial charge >= 0.3 is 0 Å². The van der Waals surface area contributed by atoms with Crippen LogP contribution in [0.3, 0.4) is 0 Å². The van der Waals surface area contributed by atoms with Crippen molar-refractivity contribution >= 4 is 11.0 Å². The Balaban J connectivity index is 1.54. The van der Waals surface area contributed by atoms with E-state index in [-0.39, 0.29) is 5.56 Å². The fourth-order valence-electron chi connectivity index (χ4n) is 3.89. The fraction of sp³-hybridized carbons (Fsp3) is 0.550. The number of nitrogens with one attached hydrogen (secondary N) is 1. The molecule has 1 aromatic carbocycles. The molecule has 0 saturated heterocycles. The summed E-state index contributed by atoms with van der Waals surface area (Å²) in [5, 5.41) is 8.92. The molecule has 2 atom stereocenters. The van der Waals surface area contributed by atoms with Gasteiger partial charge in [0.05, 0.1) is 22.7 Å². The van der Waals surface area contributed by atoms with Crippen molar-refractivity contribution in [2.24, 2.45) is 11.8 Å². The molecular formula is C20H25N3O. The highest BCUT2D eigenvalue weighted by Crippen LogP contribution is 2.34. The minimum absolute atomic E-state index is 0.123. The van der Waals surface area contributed by atoms with Crippen LogP contribution in [0.5, 0.6) is 0 Å². The van der Waals surface area contributed by atoms with Gasteiger partial charge in [0.1, 0.15) is 5.69 Å². The van der Waals surface area contributed by atoms with Crippen LogP contribution < -0.4 is 5.56 Å². The summed E-state index contributed by atoms with van der Waals surface area (Å²) in [6.07, 6.45) is 9.69. The summed E-state index contributed by atoms with van der Waals surface area (Å²) < 4.78 is 0. The average molecular weight is 323 g/mol. The lowest BCUT2D eigenvalue weighted by Gasteiger charge is -2.14. The maximum atomic E-state index is 12.1. The highest BCUT2D eigenvalue weighted by Gasteiger charge is 2.22. The van der Waals surface area contributed by atoms with Gasteiger partial charge in [-0.2, -0.15) is 5.26 Å². The van der Waals surface area contributed by atoms with Gasteiger partial charge in [-0.1, -0.05) is 45.4 Å². The van der Waals surface area contributed by atoms with Gasteiger partial charge in [0.2, 0.25) is 0 Å². The van der Waals surface area contributed by atoms with E-state index in [1.54, 1.807) is 18.2 Å². The number of hydrogen-bond donors (Lipinski definition) is 1. The van der Waals surface area contributed by atoms with Crippen molar-refractivity contribution in [2.75, 3.05) is 0 Å². The summed E-state index contributed by atoms with van der Waals surface area (Å²) >= 11 is 0. The number of hydrogen-bond acceptors (Lipinski definition) is 3. The first-order valence-electron chi connectivity index (χ1n) is 9.10. The molecule has 1 heterocycles. The number of aromatic nitrogens is 2. The van der Waals surface area contributed by atoms with Crippen LogP contribution in [-0.2, 0) is 6.42 Å². The third-order valence-electron chi connectivity index (χ3n) is 5.42. The zero-order valence-corrected chi connectivity index (χ0v) is 14.3. The topological polar surface area (TPSA) is 69.5 Å². The molecule has 4 heteroatoms. The first-order chi connectivity index (χ1) is 11.7. The molecular weight excluding hydrogens is 298 g/mol. The van der Waals surface area contributed by atoms with E-state index in [0.717, 1.165) is 36.6 Å². The van der Waals surface area contributed by atoms with Crippen molar-refractivity contribution < 1.29 is 0 Å². The second kappa shape index (κ2) is 7.61. The number of rotatable bonds is 6. The predicted octanol–water partition coefficient (Wildman–Crippen LogP) is 4.33. The Kier molecular flexibility index (Phi) is 5.30. The van der Waals surface area contributed by atoms with Crippen LogP contribution in [0.15, 0.2) is 23.0 Å². The number of aromatic amines is 1. The molecule has 3 rings (SSSR count). The lowest BCUT2D eigenvalue weighted by Crippen LogP contribution is -2.15. The molecule has 0 aliphatic heterocycles. The van der Waals surface area contributed by atoms with Gasteiger partial charge in [0.15, 0.2) is 0 Å². The van der Waals surface area contributed by atoms with Gasteiger partial charge in [0.25, 0.3) is 5.56 Å². The van der Waals surface area contributed by atoms with Crippen molar-refractivity contribution in [3.05, 3.63) is 39.8 Å². The second-order valence-corrected chi connectivity index (χ2v) is 7.12. The Morgan fingerprint density at radius 3 is 2.92 bits per heavy atom. The van der Waals surface area contributed by atoms with Crippen LogP contribution in [0.1, 0.15) is 63.1 Å². The standard InChI is InChI=1S/C20H25N3O/c1-14-6-5-8-16(14)7-3-2-4-9-18-20(24)23-19-12-15(13-21)10-11-17(19)22-18/h10-12,14,16H,2-9H2,1H3,(H,23,24)/t14-,16?/m0/s1. The summed E-state index contributed by atoms with van der Waals surface area (Å²) in [7, 11) is 0. The number of unbranched alkanes of at least 4 members (excludes halogenated alkanes) is 2. The Bertz CT molecular complexity index is 803. The summed E-state index contributed by atoms with van der Waals surface area (Å²) in [5.74, 6) is 1.81. The van der Waals surface area contributed by atoms with Crippen molar-refractivity contribution in [2.45, 2.75) is 58.3 Å². The SMILES string of the molecule is C[C@H]1CCCC1CCCCCc1nc2ccc(C#N)cc2[nH]c1=O. The molecule has 1 aliphatic rings. The van der Waals surface area contributed by atoms with Crippen LogP contribution >= 0.6 is 0 Å². The van der Waals surface area contributed by atoms with Crippen molar-refractivity contribution in [1.82, 2.24) is 9.97 Å². The monoisotopic (exact) mass is 323 g/mol. The Hall–Kier alpha value is -2.15. The van der Waals surface area contributed by atoms with Crippen LogP contribution in [-0.4, -0.2) is 9.97 Å². The maximum absolute atomic E-state index is 12.1. The molecule has 0 bridgehead atoms. The summed E-state index contributed by atoms with van der Waals surface area (Å²) in [6.45, 7) is 2.38. The van der Waals surface area contributed by atoms with Crippen molar-refractivity contribution in [1.29, 1.82) is 5.26 Å². The molecule has 1 fully saturated rings. The Morgan fingerprint density at radius 2 is 2.17 bits per heavy atom. The molecule has 1 aliphatic carbocycles. The first-order valence-corrected chi connectivity index (χ1v) is 9.10. The lowest BCUT2D eigenvalue weighted by atomic mass is 9.92. The van der Waals surface area contributed by atoms with E-state index >= 15 is 0 Å². The van der Waals surface area contributed by atoms with E-state index in [1.807, 2.05) is 0 Å². The number of nitrogens with zero attached hydrogens (tertiary/aromatic N) is 2. The molecule has 1 saturated carbocycles. The van der Waals surface area contributed by atoms with Crippen LogP contribution in [0, 0.1) is 23.2 Å². The van der Waals surface area contributed by atoms with Gasteiger partial charge in [-0.15, -0.1) is 0 Å². The molecule has 0 spiro atoms. The van der Waals surface area contributed by atoms with Gasteiger partial charge in [-0.25, -0.2) is 4.98 Å². The quantitative estimate of drug-likeness (QED) is 0.804. The van der Waals surface area contributed by atoms with Crippen molar-refractivity contribution in [3.8, 4) is 6.07 Å². The van der Waals surface area contributed by atoms with Gasteiger partial charge in [0, 0.05) is 0 Å². The Labute approximate surface area is 142 Å². The molecule has 24 heavy (non-hydrogen) atoms. The summed E-state index contributed by atoms with van der Waals surface area (Å²) in [6, 6.07) is 7.29. The second-order valence-electron chi connectivity index (χ2n) is 7.12. The third-order valence-corrected chi connectivity index (χ3v) is 5.42. The smallest absolute Gasteiger partial charge is 0.270 e. The van der Waals surface area contributed by atoms with E-state index in [1.165, 1.54) is 32.1 Å². The van der Waals surface area contributed by atoms with Crippen LogP contribution in [0.2, 0.25) is 0 Å². The van der Waals surface area contributed by atoms with E-state index < -0.39 is 0 Å². The van der Waals surface area contributed by atoms with Gasteiger partial charge in [-0.3, -0.25) is 4.79 Å². The first kappa shape index (κ1) is 16.7. The Morgan fingerprint density at radius 1 is 1.29 bits per heavy atom. The molecule has 1 N–H and O–H groups in total. The van der Waals surface area contributed by atoms with Gasteiger partial charge in [-0.05, 0) is 42.9 Å². The summed E-state index contributed by atoms with van der Waals surface area (Å²) in [4.78, 5) is 19.5. The number of benzene rings is 1. The zero-order valence-electron chi connectivity index (χ0n) is 14.3. The average Bonchev–Trinajstić information content (AvgIpc) is 2.99. The molecule has 0 radical (unpaired) electrons. The molecule has 1 aromatic heterocycles. The minimum Gasteiger partial charge on any atom is -0.319 e. The number of aryl methyl sites for hydroxylation is 1. The molecule has 1 unspecified atom stereocenters. The summed E-state index contributed by atoms with van der Waals surface area (Å²) in [5.41, 5.74) is 2.42. The number of H-pyrrole nitrogens is 1. The minimum atomic E-state index is -0.123. The normalized spacial score (nSPS) is 20.3. The van der Waals surface area contributed by atoms with Crippen LogP contribution in [0.4, 0.5) is 0 Å². The zero-order chi connectivity index (χ0) is 16.9. The van der Waals surface area contributed by atoms with E-state index in [9.17, 15) is 4.79 Å². The van der Waals surface area contributed by atoms with Crippen LogP contribution in [0.25, 0.3) is 11.0 Å². The molecule has 4 nitrogen and oxygen atoms in total. The molecule has 2 aromatic rings. The van der Waals surface area contributed by atoms with E-state index in [2.05, 4.69) is 23.0 Å². The third kappa shape index (κ3) is 3.84. The molecule has 126 valence electrons. The number of fused-ring (bicyclic) bond motifs is 1. The predicted molar refractivity (Wildman–Crippen MR) is 95.8 cm³/mol. The highest BCUT2D eigenvalue weighted by atomic mass is 16.1. The number of nitriles is 1. The highest BCUT2D eigenvalue weighted by molar-refractivity contribution is 5.75. The van der Waals surface area contributed by atoms with E-state index in [4.69, 9.17) is 5.26 Å². The lowest BCUT2D eigenvalue weighted by molar-refractivity contribution is 0.375. The largest absolute Gasteiger partial charge is 0.319 e. The van der Waals surface area contributed by atoms with Gasteiger partial charge < -0.3 is 4.98 Å². The maximum Gasteiger partial charge on any atom is 0.270 e. The molecule has 0 amide bonds. The van der Waals surface area contributed by atoms with Crippen molar-refractivity contribution in [3.63, 3.8) is 0 Å².